The van der Waals surface area contributed by atoms with Crippen LogP contribution in [0.3, 0.4) is 0 Å². The molecule has 4 aromatic rings. The summed E-state index contributed by atoms with van der Waals surface area (Å²) in [6, 6.07) is 27.3. The lowest BCUT2D eigenvalue weighted by Gasteiger charge is -2.30. The molecule has 1 atom stereocenters. The zero-order chi connectivity index (χ0) is 27.6. The SMILES string of the molecule is CC1(CC(F)=C(F)F)/C(=C/C(=O)c2ccc3ccccc3c2)N(Cc2ccccc2)c2ccc(N=[N+]=[N-])cc21. The van der Waals surface area contributed by atoms with Crippen LogP contribution in [0.4, 0.5) is 24.5 Å². The van der Waals surface area contributed by atoms with Crippen molar-refractivity contribution in [1.29, 1.82) is 0 Å². The van der Waals surface area contributed by atoms with Crippen molar-refractivity contribution in [2.24, 2.45) is 5.11 Å². The predicted molar refractivity (Wildman–Crippen MR) is 147 cm³/mol. The molecule has 0 saturated heterocycles. The molecule has 0 N–H and O–H groups in total. The fourth-order valence-corrected chi connectivity index (χ4v) is 5.17. The standard InChI is InChI=1S/C31H23F3N4O/c1-31(18-26(32)30(33)34)25-16-24(36-37-35)13-14-27(25)38(19-20-7-3-2-4-8-20)29(31)17-28(39)23-12-11-21-9-5-6-10-22(21)15-23/h2-17H,18-19H2,1H3/b29-17-. The van der Waals surface area contributed by atoms with Crippen LogP contribution >= 0.6 is 0 Å². The van der Waals surface area contributed by atoms with Crippen LogP contribution in [0.1, 0.15) is 34.8 Å². The highest BCUT2D eigenvalue weighted by Crippen LogP contribution is 2.53. The van der Waals surface area contributed by atoms with Crippen LogP contribution in [0.15, 0.2) is 120 Å². The molecule has 1 aliphatic heterocycles. The van der Waals surface area contributed by atoms with Crippen LogP contribution < -0.4 is 4.90 Å². The van der Waals surface area contributed by atoms with Crippen molar-refractivity contribution in [2.75, 3.05) is 4.90 Å². The normalized spacial score (nSPS) is 17.1. The first-order valence-electron chi connectivity index (χ1n) is 12.3. The molecule has 1 unspecified atom stereocenters. The number of hydrogen-bond acceptors (Lipinski definition) is 3. The molecule has 1 heterocycles. The van der Waals surface area contributed by atoms with E-state index in [-0.39, 0.29) is 11.5 Å². The molecule has 5 nitrogen and oxygen atoms in total. The number of nitrogens with zero attached hydrogens (tertiary/aromatic N) is 4. The highest BCUT2D eigenvalue weighted by Gasteiger charge is 2.45. The Hall–Kier alpha value is -4.81. The molecule has 0 amide bonds. The van der Waals surface area contributed by atoms with Crippen molar-refractivity contribution >= 4 is 27.9 Å². The topological polar surface area (TPSA) is 69.1 Å². The second-order valence-corrected chi connectivity index (χ2v) is 9.59. The van der Waals surface area contributed by atoms with Gasteiger partial charge < -0.3 is 4.90 Å². The fourth-order valence-electron chi connectivity index (χ4n) is 5.17. The minimum absolute atomic E-state index is 0.259. The summed E-state index contributed by atoms with van der Waals surface area (Å²) >= 11 is 0. The van der Waals surface area contributed by atoms with E-state index in [1.54, 1.807) is 37.3 Å². The van der Waals surface area contributed by atoms with Gasteiger partial charge in [-0.3, -0.25) is 4.79 Å². The quantitative estimate of drug-likeness (QED) is 0.0795. The minimum Gasteiger partial charge on any atom is -0.339 e. The van der Waals surface area contributed by atoms with E-state index in [0.29, 0.717) is 29.1 Å². The van der Waals surface area contributed by atoms with Gasteiger partial charge in [-0.25, -0.2) is 4.39 Å². The van der Waals surface area contributed by atoms with Crippen molar-refractivity contribution < 1.29 is 18.0 Å². The lowest BCUT2D eigenvalue weighted by molar-refractivity contribution is 0.104. The molecule has 194 valence electrons. The van der Waals surface area contributed by atoms with Crippen molar-refractivity contribution in [2.45, 2.75) is 25.3 Å². The van der Waals surface area contributed by atoms with E-state index >= 15 is 0 Å². The van der Waals surface area contributed by atoms with Crippen LogP contribution in [-0.4, -0.2) is 5.78 Å². The number of rotatable bonds is 7. The zero-order valence-electron chi connectivity index (χ0n) is 21.0. The molecule has 5 rings (SSSR count). The highest BCUT2D eigenvalue weighted by atomic mass is 19.3. The molecule has 4 aromatic carbocycles. The highest BCUT2D eigenvalue weighted by molar-refractivity contribution is 6.08. The number of benzene rings is 4. The molecule has 0 fully saturated rings. The average molecular weight is 525 g/mol. The molecule has 0 aromatic heterocycles. The van der Waals surface area contributed by atoms with Crippen molar-refractivity contribution in [1.82, 2.24) is 0 Å². The van der Waals surface area contributed by atoms with Crippen molar-refractivity contribution in [3.8, 4) is 0 Å². The van der Waals surface area contributed by atoms with Gasteiger partial charge in [0.15, 0.2) is 11.6 Å². The maximum atomic E-state index is 14.6. The third kappa shape index (κ3) is 5.02. The molecular weight excluding hydrogens is 501 g/mol. The Labute approximate surface area is 223 Å². The molecular formula is C31H23F3N4O. The predicted octanol–water partition coefficient (Wildman–Crippen LogP) is 9.29. The number of ketones is 1. The van der Waals surface area contributed by atoms with Crippen LogP contribution in [0, 0.1) is 0 Å². The van der Waals surface area contributed by atoms with Gasteiger partial charge >= 0.3 is 6.08 Å². The van der Waals surface area contributed by atoms with Crippen LogP contribution in [-0.2, 0) is 12.0 Å². The number of carbonyl (C=O) groups is 1. The number of halogens is 3. The second-order valence-electron chi connectivity index (χ2n) is 9.59. The maximum absolute atomic E-state index is 14.6. The van der Waals surface area contributed by atoms with Gasteiger partial charge in [-0.15, -0.1) is 0 Å². The van der Waals surface area contributed by atoms with Gasteiger partial charge in [0.2, 0.25) is 0 Å². The van der Waals surface area contributed by atoms with E-state index in [1.165, 1.54) is 6.08 Å². The molecule has 0 saturated carbocycles. The molecule has 0 aliphatic carbocycles. The van der Waals surface area contributed by atoms with E-state index in [9.17, 15) is 18.0 Å². The smallest absolute Gasteiger partial charge is 0.301 e. The van der Waals surface area contributed by atoms with Crippen molar-refractivity contribution in [3.05, 3.63) is 142 Å². The zero-order valence-corrected chi connectivity index (χ0v) is 21.0. The second kappa shape index (κ2) is 10.5. The third-order valence-corrected chi connectivity index (χ3v) is 7.08. The monoisotopic (exact) mass is 524 g/mol. The summed E-state index contributed by atoms with van der Waals surface area (Å²) in [5.41, 5.74) is 10.7. The summed E-state index contributed by atoms with van der Waals surface area (Å²) in [6.45, 7) is 1.93. The van der Waals surface area contributed by atoms with Gasteiger partial charge in [-0.05, 0) is 52.6 Å². The Morgan fingerprint density at radius 3 is 2.38 bits per heavy atom. The van der Waals surface area contributed by atoms with E-state index < -0.39 is 23.7 Å². The number of hydrogen-bond donors (Lipinski definition) is 0. The molecule has 39 heavy (non-hydrogen) atoms. The number of azide groups is 1. The summed E-state index contributed by atoms with van der Waals surface area (Å²) in [5, 5.41) is 5.51. The number of carbonyl (C=O) groups excluding carboxylic acids is 1. The summed E-state index contributed by atoms with van der Waals surface area (Å²) in [7, 11) is 0. The Morgan fingerprint density at radius 2 is 1.67 bits per heavy atom. The summed E-state index contributed by atoms with van der Waals surface area (Å²) in [4.78, 5) is 18.3. The minimum atomic E-state index is -2.41. The first kappa shape index (κ1) is 25.8. The van der Waals surface area contributed by atoms with Crippen LogP contribution in [0.5, 0.6) is 0 Å². The van der Waals surface area contributed by atoms with Gasteiger partial charge in [-0.2, -0.15) is 8.78 Å². The lowest BCUT2D eigenvalue weighted by atomic mass is 9.77. The Bertz CT molecular complexity index is 1690. The summed E-state index contributed by atoms with van der Waals surface area (Å²) in [6.07, 6.45) is -1.68. The van der Waals surface area contributed by atoms with E-state index in [0.717, 1.165) is 16.3 Å². The first-order chi connectivity index (χ1) is 18.8. The number of fused-ring (bicyclic) bond motifs is 2. The Kier molecular flexibility index (Phi) is 6.96. The molecule has 0 bridgehead atoms. The largest absolute Gasteiger partial charge is 0.339 e. The third-order valence-electron chi connectivity index (χ3n) is 7.08. The van der Waals surface area contributed by atoms with Gasteiger partial charge in [0.25, 0.3) is 0 Å². The van der Waals surface area contributed by atoms with E-state index in [1.807, 2.05) is 65.6 Å². The van der Waals surface area contributed by atoms with Gasteiger partial charge in [0.05, 0.1) is 0 Å². The van der Waals surface area contributed by atoms with Gasteiger partial charge in [-0.1, -0.05) is 77.9 Å². The average Bonchev–Trinajstić information content (AvgIpc) is 3.15. The van der Waals surface area contributed by atoms with Crippen LogP contribution in [0.2, 0.25) is 0 Å². The maximum Gasteiger partial charge on any atom is 0.301 e. The summed E-state index contributed by atoms with van der Waals surface area (Å²) in [5.74, 6) is -1.91. The Morgan fingerprint density at radius 1 is 0.949 bits per heavy atom. The van der Waals surface area contributed by atoms with Gasteiger partial charge in [0, 0.05) is 52.0 Å². The van der Waals surface area contributed by atoms with Gasteiger partial charge in [0.1, 0.15) is 0 Å². The number of allylic oxidation sites excluding steroid dienone is 3. The van der Waals surface area contributed by atoms with E-state index in [2.05, 4.69) is 10.0 Å². The number of anilines is 1. The molecule has 0 spiro atoms. The Balaban J connectivity index is 1.70. The van der Waals surface area contributed by atoms with E-state index in [4.69, 9.17) is 5.53 Å². The van der Waals surface area contributed by atoms with Crippen molar-refractivity contribution in [3.63, 3.8) is 0 Å². The summed E-state index contributed by atoms with van der Waals surface area (Å²) < 4.78 is 41.5. The first-order valence-corrected chi connectivity index (χ1v) is 12.3. The molecule has 8 heteroatoms. The lowest BCUT2D eigenvalue weighted by Crippen LogP contribution is -2.29. The molecule has 1 aliphatic rings. The molecule has 0 radical (unpaired) electrons. The van der Waals surface area contributed by atoms with Crippen LogP contribution in [0.25, 0.3) is 21.2 Å². The fraction of sp³-hybridized carbons (Fsp3) is 0.129.